The number of hydrogen-bond acceptors (Lipinski definition) is 4. The number of sulfonamides is 1. The van der Waals surface area contributed by atoms with Gasteiger partial charge in [0.1, 0.15) is 0 Å². The number of nitrogens with two attached hydrogens (primary N) is 1. The summed E-state index contributed by atoms with van der Waals surface area (Å²) >= 11 is 0. The second kappa shape index (κ2) is 7.90. The van der Waals surface area contributed by atoms with E-state index in [-0.39, 0.29) is 16.8 Å². The van der Waals surface area contributed by atoms with Crippen LogP contribution >= 0.6 is 0 Å². The highest BCUT2D eigenvalue weighted by Crippen LogP contribution is 2.16. The normalized spacial score (nSPS) is 18.7. The highest BCUT2D eigenvalue weighted by molar-refractivity contribution is 7.89. The Kier molecular flexibility index (Phi) is 6.15. The van der Waals surface area contributed by atoms with Crippen molar-refractivity contribution < 1.29 is 13.2 Å². The summed E-state index contributed by atoms with van der Waals surface area (Å²) in [5, 5.41) is 7.90. The molecule has 3 N–H and O–H groups in total. The number of rotatable bonds is 4. The van der Waals surface area contributed by atoms with E-state index in [0.717, 1.165) is 25.9 Å². The second-order valence-corrected chi connectivity index (χ2v) is 7.60. The van der Waals surface area contributed by atoms with Crippen LogP contribution in [0.4, 0.5) is 5.69 Å². The van der Waals surface area contributed by atoms with Gasteiger partial charge < -0.3 is 5.32 Å². The molecular weight excluding hydrogens is 314 g/mol. The van der Waals surface area contributed by atoms with Gasteiger partial charge in [-0.05, 0) is 57.1 Å². The van der Waals surface area contributed by atoms with Crippen LogP contribution in [-0.4, -0.2) is 38.4 Å². The average molecular weight is 339 g/mol. The van der Waals surface area contributed by atoms with E-state index in [1.165, 1.54) is 31.4 Å². The second-order valence-electron chi connectivity index (χ2n) is 6.04. The Balaban J connectivity index is 1.97. The van der Waals surface area contributed by atoms with Gasteiger partial charge in [-0.2, -0.15) is 0 Å². The summed E-state index contributed by atoms with van der Waals surface area (Å²) in [4.78, 5) is 14.6. The molecule has 0 aliphatic carbocycles. The molecule has 1 amide bonds. The van der Waals surface area contributed by atoms with Gasteiger partial charge in [0.05, 0.1) is 10.9 Å². The van der Waals surface area contributed by atoms with E-state index in [2.05, 4.69) is 10.2 Å². The summed E-state index contributed by atoms with van der Waals surface area (Å²) in [6, 6.07) is 5.69. The van der Waals surface area contributed by atoms with E-state index in [0.29, 0.717) is 5.69 Å². The quantitative estimate of drug-likeness (QED) is 0.876. The van der Waals surface area contributed by atoms with Crippen LogP contribution in [0.2, 0.25) is 0 Å². The summed E-state index contributed by atoms with van der Waals surface area (Å²) in [5.74, 6) is -0.0751. The number of carbonyl (C=O) groups is 1. The van der Waals surface area contributed by atoms with Crippen LogP contribution < -0.4 is 10.5 Å². The predicted octanol–water partition coefficient (Wildman–Crippen LogP) is 1.93. The molecule has 23 heavy (non-hydrogen) atoms. The average Bonchev–Trinajstić information content (AvgIpc) is 2.46. The Hall–Kier alpha value is -1.44. The Bertz CT molecular complexity index is 620. The molecule has 7 heteroatoms. The molecule has 1 heterocycles. The van der Waals surface area contributed by atoms with Crippen molar-refractivity contribution >= 4 is 21.6 Å². The summed E-state index contributed by atoms with van der Waals surface area (Å²) < 4.78 is 22.5. The van der Waals surface area contributed by atoms with Crippen molar-refractivity contribution in [2.24, 2.45) is 5.14 Å². The lowest BCUT2D eigenvalue weighted by molar-refractivity contribution is -0.120. The third kappa shape index (κ3) is 5.30. The molecule has 1 saturated heterocycles. The minimum atomic E-state index is -3.71. The van der Waals surface area contributed by atoms with Gasteiger partial charge in [-0.3, -0.25) is 9.69 Å². The monoisotopic (exact) mass is 339 g/mol. The van der Waals surface area contributed by atoms with Crippen molar-refractivity contribution in [1.29, 1.82) is 0 Å². The molecule has 1 fully saturated rings. The number of amides is 1. The number of primary sulfonamides is 1. The van der Waals surface area contributed by atoms with Gasteiger partial charge in [0, 0.05) is 5.69 Å². The first-order chi connectivity index (χ1) is 10.9. The lowest BCUT2D eigenvalue weighted by atomic mass is 10.1. The minimum absolute atomic E-state index is 0.0346. The van der Waals surface area contributed by atoms with E-state index in [1.54, 1.807) is 12.1 Å². The van der Waals surface area contributed by atoms with Crippen LogP contribution in [0.3, 0.4) is 0 Å². The Labute approximate surface area is 138 Å². The van der Waals surface area contributed by atoms with E-state index in [4.69, 9.17) is 5.14 Å². The minimum Gasteiger partial charge on any atom is -0.325 e. The molecule has 1 aromatic carbocycles. The highest BCUT2D eigenvalue weighted by Gasteiger charge is 2.21. The molecule has 0 bridgehead atoms. The molecule has 1 aromatic rings. The SMILES string of the molecule is C[C@H](C(=O)Nc1ccc(S(N)(=O)=O)cc1)N1CCCCCCC1. The van der Waals surface area contributed by atoms with Crippen LogP contribution in [0.1, 0.15) is 39.0 Å². The fourth-order valence-electron chi connectivity index (χ4n) is 2.80. The molecular formula is C16H25N3O3S. The Morgan fingerprint density at radius 3 is 2.13 bits per heavy atom. The molecule has 0 saturated carbocycles. The fraction of sp³-hybridized carbons (Fsp3) is 0.562. The van der Waals surface area contributed by atoms with Crippen molar-refractivity contribution in [3.05, 3.63) is 24.3 Å². The molecule has 1 aliphatic heterocycles. The molecule has 1 atom stereocenters. The summed E-state index contributed by atoms with van der Waals surface area (Å²) in [6.45, 7) is 3.80. The van der Waals surface area contributed by atoms with Gasteiger partial charge in [0.15, 0.2) is 0 Å². The lowest BCUT2D eigenvalue weighted by Gasteiger charge is -2.29. The van der Waals surface area contributed by atoms with Gasteiger partial charge >= 0.3 is 0 Å². The van der Waals surface area contributed by atoms with Crippen LogP contribution in [0, 0.1) is 0 Å². The molecule has 0 radical (unpaired) electrons. The maximum atomic E-state index is 12.4. The maximum absolute atomic E-state index is 12.4. The first kappa shape index (κ1) is 17.9. The van der Waals surface area contributed by atoms with E-state index in [9.17, 15) is 13.2 Å². The van der Waals surface area contributed by atoms with Gasteiger partial charge in [0.25, 0.3) is 0 Å². The number of likely N-dealkylation sites (tertiary alicyclic amines) is 1. The third-order valence-corrected chi connectivity index (χ3v) is 5.20. The summed E-state index contributed by atoms with van der Waals surface area (Å²) in [6.07, 6.45) is 5.98. The smallest absolute Gasteiger partial charge is 0.241 e. The van der Waals surface area contributed by atoms with Crippen LogP contribution in [0.25, 0.3) is 0 Å². The first-order valence-electron chi connectivity index (χ1n) is 8.06. The summed E-state index contributed by atoms with van der Waals surface area (Å²) in [7, 11) is -3.71. The van der Waals surface area contributed by atoms with E-state index < -0.39 is 10.0 Å². The zero-order valence-electron chi connectivity index (χ0n) is 13.5. The van der Waals surface area contributed by atoms with Crippen molar-refractivity contribution in [2.75, 3.05) is 18.4 Å². The third-order valence-electron chi connectivity index (χ3n) is 4.27. The first-order valence-corrected chi connectivity index (χ1v) is 9.60. The van der Waals surface area contributed by atoms with E-state index in [1.807, 2.05) is 6.92 Å². The molecule has 128 valence electrons. The summed E-state index contributed by atoms with van der Waals surface area (Å²) in [5.41, 5.74) is 0.571. The maximum Gasteiger partial charge on any atom is 0.241 e. The topological polar surface area (TPSA) is 92.5 Å². The zero-order valence-corrected chi connectivity index (χ0v) is 14.3. The number of benzene rings is 1. The molecule has 0 spiro atoms. The predicted molar refractivity (Wildman–Crippen MR) is 90.6 cm³/mol. The van der Waals surface area contributed by atoms with Crippen molar-refractivity contribution in [3.8, 4) is 0 Å². The van der Waals surface area contributed by atoms with Crippen molar-refractivity contribution in [2.45, 2.75) is 50.0 Å². The molecule has 6 nitrogen and oxygen atoms in total. The molecule has 2 rings (SSSR count). The molecule has 0 aromatic heterocycles. The van der Waals surface area contributed by atoms with Crippen LogP contribution in [0.15, 0.2) is 29.2 Å². The largest absolute Gasteiger partial charge is 0.325 e. The van der Waals surface area contributed by atoms with Gasteiger partial charge in [-0.1, -0.05) is 19.3 Å². The number of carbonyl (C=O) groups excluding carboxylic acids is 1. The van der Waals surface area contributed by atoms with Crippen molar-refractivity contribution in [1.82, 2.24) is 4.90 Å². The van der Waals surface area contributed by atoms with E-state index >= 15 is 0 Å². The standard InChI is InChI=1S/C16H25N3O3S/c1-13(19-11-5-3-2-4-6-12-19)16(20)18-14-7-9-15(10-8-14)23(17,21)22/h7-10,13H,2-6,11-12H2,1H3,(H,18,20)(H2,17,21,22)/t13-/m1/s1. The molecule has 1 aliphatic rings. The van der Waals surface area contributed by atoms with Gasteiger partial charge in [0.2, 0.25) is 15.9 Å². The Morgan fingerprint density at radius 2 is 1.61 bits per heavy atom. The van der Waals surface area contributed by atoms with Gasteiger partial charge in [-0.15, -0.1) is 0 Å². The number of nitrogens with zero attached hydrogens (tertiary/aromatic N) is 1. The highest BCUT2D eigenvalue weighted by atomic mass is 32.2. The fourth-order valence-corrected chi connectivity index (χ4v) is 3.32. The molecule has 0 unspecified atom stereocenters. The Morgan fingerprint density at radius 1 is 1.09 bits per heavy atom. The van der Waals surface area contributed by atoms with Crippen molar-refractivity contribution in [3.63, 3.8) is 0 Å². The zero-order chi connectivity index (χ0) is 16.9. The van der Waals surface area contributed by atoms with Gasteiger partial charge in [-0.25, -0.2) is 13.6 Å². The number of anilines is 1. The lowest BCUT2D eigenvalue weighted by Crippen LogP contribution is -2.43. The van der Waals surface area contributed by atoms with Crippen LogP contribution in [0.5, 0.6) is 0 Å². The number of nitrogens with one attached hydrogen (secondary N) is 1. The van der Waals surface area contributed by atoms with Crippen LogP contribution in [-0.2, 0) is 14.8 Å². The number of hydrogen-bond donors (Lipinski definition) is 2.